The van der Waals surface area contributed by atoms with Gasteiger partial charge in [0.25, 0.3) is 5.82 Å². The van der Waals surface area contributed by atoms with Gasteiger partial charge in [0.05, 0.1) is 18.5 Å². The average Bonchev–Trinajstić information content (AvgIpc) is 3.07. The van der Waals surface area contributed by atoms with Gasteiger partial charge in [-0.3, -0.25) is 0 Å². The van der Waals surface area contributed by atoms with E-state index < -0.39 is 0 Å². The van der Waals surface area contributed by atoms with E-state index in [1.54, 1.807) is 0 Å². The van der Waals surface area contributed by atoms with Crippen LogP contribution in [0.1, 0.15) is 142 Å². The second-order valence-corrected chi connectivity index (χ2v) is 8.94. The Morgan fingerprint density at radius 2 is 1.26 bits per heavy atom. The monoisotopic (exact) mass is 377 g/mol. The van der Waals surface area contributed by atoms with Crippen molar-refractivity contribution in [2.24, 2.45) is 0 Å². The molecule has 0 saturated carbocycles. The maximum Gasteiger partial charge on any atom is 0.259 e. The van der Waals surface area contributed by atoms with Crippen LogP contribution in [0, 0.1) is 0 Å². The number of hydrogen-bond donors (Lipinski definition) is 0. The molecule has 0 spiro atoms. The van der Waals surface area contributed by atoms with Crippen LogP contribution in [-0.4, -0.2) is 4.57 Å². The van der Waals surface area contributed by atoms with Gasteiger partial charge >= 0.3 is 0 Å². The predicted octanol–water partition coefficient (Wildman–Crippen LogP) is 7.96. The lowest BCUT2D eigenvalue weighted by Gasteiger charge is -2.13. The van der Waals surface area contributed by atoms with Crippen LogP contribution in [0.2, 0.25) is 0 Å². The summed E-state index contributed by atoms with van der Waals surface area (Å²) in [7, 11) is 0. The number of nitrogens with zero attached hydrogens (tertiary/aromatic N) is 2. The van der Waals surface area contributed by atoms with Gasteiger partial charge in [0.15, 0.2) is 0 Å². The first kappa shape index (κ1) is 24.2. The number of rotatable bonds is 17. The summed E-state index contributed by atoms with van der Waals surface area (Å²) >= 11 is 0. The third kappa shape index (κ3) is 9.81. The molecule has 0 aliphatic heterocycles. The van der Waals surface area contributed by atoms with Crippen molar-refractivity contribution in [2.45, 2.75) is 143 Å². The molecule has 0 aliphatic rings. The summed E-state index contributed by atoms with van der Waals surface area (Å²) < 4.78 is 5.04. The number of aryl methyl sites for hydroxylation is 1. The van der Waals surface area contributed by atoms with Crippen molar-refractivity contribution in [3.05, 3.63) is 18.2 Å². The molecule has 1 rings (SSSR count). The van der Waals surface area contributed by atoms with E-state index in [0.717, 1.165) is 0 Å². The fourth-order valence-electron chi connectivity index (χ4n) is 4.32. The first-order chi connectivity index (χ1) is 13.1. The fourth-order valence-corrected chi connectivity index (χ4v) is 4.32. The Labute approximate surface area is 170 Å². The summed E-state index contributed by atoms with van der Waals surface area (Å²) in [6, 6.07) is 0.621. The molecule has 0 aromatic carbocycles. The highest BCUT2D eigenvalue weighted by Crippen LogP contribution is 2.20. The van der Waals surface area contributed by atoms with E-state index in [1.165, 1.54) is 102 Å². The van der Waals surface area contributed by atoms with Crippen molar-refractivity contribution in [2.75, 3.05) is 0 Å². The van der Waals surface area contributed by atoms with Crippen LogP contribution in [0.3, 0.4) is 0 Å². The lowest BCUT2D eigenvalue weighted by molar-refractivity contribution is -0.705. The molecule has 1 aromatic heterocycles. The van der Waals surface area contributed by atoms with E-state index >= 15 is 0 Å². The highest BCUT2D eigenvalue weighted by atomic mass is 15.2. The van der Waals surface area contributed by atoms with E-state index in [1.807, 2.05) is 0 Å². The molecule has 0 saturated heterocycles. The lowest BCUT2D eigenvalue weighted by Crippen LogP contribution is -2.38. The Kier molecular flexibility index (Phi) is 13.6. The maximum atomic E-state index is 2.52. The van der Waals surface area contributed by atoms with Gasteiger partial charge in [-0.25, -0.2) is 9.13 Å². The molecular formula is C25H49N2+. The van der Waals surface area contributed by atoms with Crippen molar-refractivity contribution in [3.8, 4) is 0 Å². The van der Waals surface area contributed by atoms with Crippen molar-refractivity contribution in [1.82, 2.24) is 4.57 Å². The Bertz CT molecular complexity index is 461. The number of imidazole rings is 1. The van der Waals surface area contributed by atoms with Crippen LogP contribution in [0.15, 0.2) is 12.4 Å². The second-order valence-electron chi connectivity index (χ2n) is 8.94. The Hall–Kier alpha value is -0.790. The van der Waals surface area contributed by atoms with E-state index in [0.29, 0.717) is 12.0 Å². The van der Waals surface area contributed by atoms with Crippen LogP contribution in [-0.2, 0) is 6.54 Å². The smallest absolute Gasteiger partial charge is 0.234 e. The summed E-state index contributed by atoms with van der Waals surface area (Å²) in [5.41, 5.74) is 0. The highest BCUT2D eigenvalue weighted by molar-refractivity contribution is 4.92. The van der Waals surface area contributed by atoms with Gasteiger partial charge in [0, 0.05) is 0 Å². The molecule has 158 valence electrons. The van der Waals surface area contributed by atoms with E-state index in [9.17, 15) is 0 Å². The molecular weight excluding hydrogens is 328 g/mol. The van der Waals surface area contributed by atoms with Crippen molar-refractivity contribution >= 4 is 0 Å². The van der Waals surface area contributed by atoms with Gasteiger partial charge in [0.2, 0.25) is 0 Å². The largest absolute Gasteiger partial charge is 0.259 e. The normalized spacial score (nSPS) is 12.8. The van der Waals surface area contributed by atoms with Crippen molar-refractivity contribution in [1.29, 1.82) is 0 Å². The first-order valence-corrected chi connectivity index (χ1v) is 12.2. The summed E-state index contributed by atoms with van der Waals surface area (Å²) in [6.07, 6.45) is 24.2. The van der Waals surface area contributed by atoms with Gasteiger partial charge < -0.3 is 0 Å². The molecule has 2 heteroatoms. The first-order valence-electron chi connectivity index (χ1n) is 12.2. The minimum Gasteiger partial charge on any atom is -0.234 e. The third-order valence-corrected chi connectivity index (χ3v) is 5.92. The standard InChI is InChI=1S/C25H49N2/c1-6-8-9-10-11-12-13-14-15-16-17-18-20-26-21-22-27(24(5)19-7-2)25(26)23(3)4/h21-24H,6-20H2,1-5H3/q+1. The molecule has 0 bridgehead atoms. The molecule has 1 aromatic rings. The fraction of sp³-hybridized carbons (Fsp3) is 0.880. The molecule has 0 radical (unpaired) electrons. The summed E-state index contributed by atoms with van der Waals surface area (Å²) in [5.74, 6) is 2.11. The number of hydrogen-bond acceptors (Lipinski definition) is 0. The van der Waals surface area contributed by atoms with Gasteiger partial charge in [-0.1, -0.05) is 98.3 Å². The zero-order valence-electron chi connectivity index (χ0n) is 19.3. The number of unbranched alkanes of at least 4 members (excludes halogenated alkanes) is 11. The lowest BCUT2D eigenvalue weighted by atomic mass is 10.1. The molecule has 0 fully saturated rings. The van der Waals surface area contributed by atoms with Gasteiger partial charge in [-0.15, -0.1) is 0 Å². The van der Waals surface area contributed by atoms with Crippen LogP contribution in [0.5, 0.6) is 0 Å². The SMILES string of the molecule is CCCCCCCCCCCCCC[n+]1ccn(C(C)CCC)c1C(C)C. The summed E-state index contributed by atoms with van der Waals surface area (Å²) in [6.45, 7) is 12.8. The minimum absolute atomic E-state index is 0.594. The van der Waals surface area contributed by atoms with Gasteiger partial charge in [-0.05, 0) is 26.2 Å². The molecule has 0 aliphatic carbocycles. The van der Waals surface area contributed by atoms with Crippen LogP contribution >= 0.6 is 0 Å². The molecule has 0 N–H and O–H groups in total. The molecule has 27 heavy (non-hydrogen) atoms. The summed E-state index contributed by atoms with van der Waals surface area (Å²) in [4.78, 5) is 0. The summed E-state index contributed by atoms with van der Waals surface area (Å²) in [5, 5.41) is 0. The quantitative estimate of drug-likeness (QED) is 0.192. The van der Waals surface area contributed by atoms with Gasteiger partial charge in [0.1, 0.15) is 12.4 Å². The highest BCUT2D eigenvalue weighted by Gasteiger charge is 2.23. The minimum atomic E-state index is 0.594. The zero-order valence-corrected chi connectivity index (χ0v) is 19.3. The topological polar surface area (TPSA) is 8.81 Å². The molecule has 1 heterocycles. The van der Waals surface area contributed by atoms with E-state index in [4.69, 9.17) is 0 Å². The Morgan fingerprint density at radius 1 is 0.741 bits per heavy atom. The zero-order chi connectivity index (χ0) is 19.9. The second kappa shape index (κ2) is 15.2. The van der Waals surface area contributed by atoms with E-state index in [2.05, 4.69) is 56.1 Å². The van der Waals surface area contributed by atoms with Crippen LogP contribution in [0.4, 0.5) is 0 Å². The van der Waals surface area contributed by atoms with Crippen molar-refractivity contribution in [3.63, 3.8) is 0 Å². The maximum absolute atomic E-state index is 2.52. The van der Waals surface area contributed by atoms with E-state index in [-0.39, 0.29) is 0 Å². The number of aromatic nitrogens is 2. The van der Waals surface area contributed by atoms with Crippen molar-refractivity contribution < 1.29 is 4.57 Å². The average molecular weight is 378 g/mol. The predicted molar refractivity (Wildman–Crippen MR) is 119 cm³/mol. The molecule has 1 atom stereocenters. The van der Waals surface area contributed by atoms with Gasteiger partial charge in [-0.2, -0.15) is 0 Å². The molecule has 2 nitrogen and oxygen atoms in total. The Morgan fingerprint density at radius 3 is 1.74 bits per heavy atom. The van der Waals surface area contributed by atoms with Crippen LogP contribution < -0.4 is 4.57 Å². The third-order valence-electron chi connectivity index (χ3n) is 5.92. The Balaban J connectivity index is 2.18. The molecule has 0 amide bonds. The molecule has 1 unspecified atom stereocenters. The van der Waals surface area contributed by atoms with Crippen LogP contribution in [0.25, 0.3) is 0 Å².